The van der Waals surface area contributed by atoms with Gasteiger partial charge in [0, 0.05) is 0 Å². The van der Waals surface area contributed by atoms with E-state index < -0.39 is 29.6 Å². The minimum atomic E-state index is -1.09. The lowest BCUT2D eigenvalue weighted by Gasteiger charge is -2.29. The molecule has 0 fully saturated rings. The molecular formula is C10H16N4O5. The molecule has 0 aliphatic rings. The van der Waals surface area contributed by atoms with Crippen LogP contribution in [0.15, 0.2) is 12.3 Å². The lowest BCUT2D eigenvalue weighted by Crippen LogP contribution is -2.54. The van der Waals surface area contributed by atoms with Gasteiger partial charge < -0.3 is 25.6 Å². The Morgan fingerprint density at radius 2 is 2.21 bits per heavy atom. The third-order valence-electron chi connectivity index (χ3n) is 2.81. The van der Waals surface area contributed by atoms with Crippen molar-refractivity contribution in [2.24, 2.45) is 0 Å². The number of aliphatic hydroxyl groups is 2. The van der Waals surface area contributed by atoms with Gasteiger partial charge in [0.1, 0.15) is 6.54 Å². The lowest BCUT2D eigenvalue weighted by molar-refractivity contribution is -0.389. The monoisotopic (exact) mass is 272 g/mol. The highest BCUT2D eigenvalue weighted by Gasteiger charge is 2.29. The predicted molar refractivity (Wildman–Crippen MR) is 64.2 cm³/mol. The number of aliphatic hydroxyl groups excluding tert-OH is 2. The molecule has 0 bridgehead atoms. The van der Waals surface area contributed by atoms with Crippen molar-refractivity contribution < 1.29 is 19.9 Å². The fourth-order valence-corrected chi connectivity index (χ4v) is 1.46. The van der Waals surface area contributed by atoms with Crippen LogP contribution in [0.1, 0.15) is 13.3 Å². The summed E-state index contributed by atoms with van der Waals surface area (Å²) in [5.74, 6) is -0.846. The number of hydrogen-bond acceptors (Lipinski definition) is 6. The first-order valence-corrected chi connectivity index (χ1v) is 5.67. The molecule has 9 nitrogen and oxygen atoms in total. The van der Waals surface area contributed by atoms with Crippen molar-refractivity contribution in [2.45, 2.75) is 25.4 Å². The Balaban J connectivity index is 2.66. The van der Waals surface area contributed by atoms with Gasteiger partial charge >= 0.3 is 5.82 Å². The second-order valence-corrected chi connectivity index (χ2v) is 4.13. The van der Waals surface area contributed by atoms with Crippen LogP contribution in [0.4, 0.5) is 5.82 Å². The molecule has 9 heteroatoms. The Morgan fingerprint density at radius 1 is 1.58 bits per heavy atom. The van der Waals surface area contributed by atoms with Gasteiger partial charge in [-0.15, -0.1) is 0 Å². The van der Waals surface area contributed by atoms with Crippen LogP contribution in [-0.2, 0) is 11.3 Å². The molecule has 0 radical (unpaired) electrons. The Bertz CT molecular complexity index is 446. The van der Waals surface area contributed by atoms with Crippen LogP contribution in [0.3, 0.4) is 0 Å². The maximum Gasteiger partial charge on any atom is 0.389 e. The van der Waals surface area contributed by atoms with Gasteiger partial charge in [0.25, 0.3) is 0 Å². The number of amides is 1. The molecule has 3 N–H and O–H groups in total. The van der Waals surface area contributed by atoms with Crippen LogP contribution in [-0.4, -0.2) is 49.6 Å². The predicted octanol–water partition coefficient (Wildman–Crippen LogP) is -0.959. The van der Waals surface area contributed by atoms with Crippen molar-refractivity contribution in [3.05, 3.63) is 22.4 Å². The lowest BCUT2D eigenvalue weighted by atomic mass is 9.98. The zero-order valence-electron chi connectivity index (χ0n) is 10.4. The van der Waals surface area contributed by atoms with Gasteiger partial charge in [0.15, 0.2) is 0 Å². The number of rotatable bonds is 7. The minimum absolute atomic E-state index is 0.227. The Kier molecular flexibility index (Phi) is 4.95. The highest BCUT2D eigenvalue weighted by atomic mass is 16.6. The van der Waals surface area contributed by atoms with E-state index in [-0.39, 0.29) is 12.4 Å². The topological polar surface area (TPSA) is 131 Å². The van der Waals surface area contributed by atoms with Gasteiger partial charge in [-0.1, -0.05) is 6.92 Å². The number of carbonyl (C=O) groups excluding carboxylic acids is 1. The maximum atomic E-state index is 11.7. The minimum Gasteiger partial charge on any atom is -0.394 e. The van der Waals surface area contributed by atoms with Crippen LogP contribution < -0.4 is 5.32 Å². The molecule has 19 heavy (non-hydrogen) atoms. The molecule has 1 rings (SSSR count). The molecule has 0 aliphatic heterocycles. The smallest absolute Gasteiger partial charge is 0.389 e. The molecule has 0 unspecified atom stereocenters. The van der Waals surface area contributed by atoms with Crippen LogP contribution in [0.5, 0.6) is 0 Å². The van der Waals surface area contributed by atoms with E-state index in [2.05, 4.69) is 10.4 Å². The summed E-state index contributed by atoms with van der Waals surface area (Å²) in [6.45, 7) is 0.692. The summed E-state index contributed by atoms with van der Waals surface area (Å²) >= 11 is 0. The first-order chi connectivity index (χ1) is 8.96. The SMILES string of the molecule is CCC(CO)(CO)NC(=O)Cn1ccc([N+](=O)[O-])n1. The summed E-state index contributed by atoms with van der Waals surface area (Å²) in [6.07, 6.45) is 1.66. The molecule has 0 spiro atoms. The molecular weight excluding hydrogens is 256 g/mol. The first-order valence-electron chi connectivity index (χ1n) is 5.67. The van der Waals surface area contributed by atoms with Crippen molar-refractivity contribution in [1.82, 2.24) is 15.1 Å². The standard InChI is InChI=1S/C10H16N4O5/c1-2-10(6-15,7-16)11-9(17)5-13-4-3-8(12-13)14(18)19/h3-4,15-16H,2,5-7H2,1H3,(H,11,17). The third kappa shape index (κ3) is 3.73. The molecule has 1 aromatic heterocycles. The average molecular weight is 272 g/mol. The highest BCUT2D eigenvalue weighted by molar-refractivity contribution is 5.76. The van der Waals surface area contributed by atoms with E-state index >= 15 is 0 Å². The quantitative estimate of drug-likeness (QED) is 0.433. The van der Waals surface area contributed by atoms with E-state index in [9.17, 15) is 25.1 Å². The third-order valence-corrected chi connectivity index (χ3v) is 2.81. The van der Waals surface area contributed by atoms with Gasteiger partial charge in [-0.2, -0.15) is 4.68 Å². The molecule has 0 atom stereocenters. The molecule has 1 aromatic rings. The van der Waals surface area contributed by atoms with Crippen LogP contribution in [0.2, 0.25) is 0 Å². The van der Waals surface area contributed by atoms with E-state index in [1.807, 2.05) is 0 Å². The number of hydrogen-bond donors (Lipinski definition) is 3. The first kappa shape index (κ1) is 15.1. The van der Waals surface area contributed by atoms with E-state index in [1.165, 1.54) is 12.3 Å². The Hall–Kier alpha value is -2.00. The van der Waals surface area contributed by atoms with Crippen molar-refractivity contribution in [3.63, 3.8) is 0 Å². The zero-order valence-corrected chi connectivity index (χ0v) is 10.4. The average Bonchev–Trinajstić information content (AvgIpc) is 2.84. The van der Waals surface area contributed by atoms with Gasteiger partial charge in [-0.3, -0.25) is 4.79 Å². The molecule has 0 saturated heterocycles. The zero-order chi connectivity index (χ0) is 14.5. The van der Waals surface area contributed by atoms with Gasteiger partial charge in [0.2, 0.25) is 5.91 Å². The van der Waals surface area contributed by atoms with Crippen molar-refractivity contribution in [1.29, 1.82) is 0 Å². The number of nitrogens with one attached hydrogen (secondary N) is 1. The van der Waals surface area contributed by atoms with Crippen LogP contribution >= 0.6 is 0 Å². The number of nitrogens with zero attached hydrogens (tertiary/aromatic N) is 3. The summed E-state index contributed by atoms with van der Waals surface area (Å²) in [7, 11) is 0. The molecule has 0 saturated carbocycles. The molecule has 106 valence electrons. The molecule has 0 aliphatic carbocycles. The van der Waals surface area contributed by atoms with E-state index in [1.54, 1.807) is 6.92 Å². The summed E-state index contributed by atoms with van der Waals surface area (Å²) in [5.41, 5.74) is -1.09. The number of nitro groups is 1. The summed E-state index contributed by atoms with van der Waals surface area (Å²) in [6, 6.07) is 1.18. The highest BCUT2D eigenvalue weighted by Crippen LogP contribution is 2.09. The van der Waals surface area contributed by atoms with E-state index in [0.717, 1.165) is 4.68 Å². The second kappa shape index (κ2) is 6.25. The summed E-state index contributed by atoms with van der Waals surface area (Å²) < 4.78 is 1.11. The second-order valence-electron chi connectivity index (χ2n) is 4.13. The molecule has 0 aromatic carbocycles. The van der Waals surface area contributed by atoms with E-state index in [4.69, 9.17) is 0 Å². The van der Waals surface area contributed by atoms with Crippen LogP contribution in [0.25, 0.3) is 0 Å². The van der Waals surface area contributed by atoms with Gasteiger partial charge in [-0.25, -0.2) is 0 Å². The Labute approximate surface area is 109 Å². The Morgan fingerprint density at radius 3 is 2.63 bits per heavy atom. The van der Waals surface area contributed by atoms with Crippen LogP contribution in [0, 0.1) is 10.1 Å². The number of aromatic nitrogens is 2. The number of carbonyl (C=O) groups is 1. The van der Waals surface area contributed by atoms with Gasteiger partial charge in [-0.05, 0) is 11.3 Å². The van der Waals surface area contributed by atoms with Gasteiger partial charge in [0.05, 0.1) is 36.1 Å². The maximum absolute atomic E-state index is 11.7. The fraction of sp³-hybridized carbons (Fsp3) is 0.600. The van der Waals surface area contributed by atoms with Crippen molar-refractivity contribution >= 4 is 11.7 Å². The summed E-state index contributed by atoms with van der Waals surface area (Å²) in [5, 5.41) is 34.9. The van der Waals surface area contributed by atoms with E-state index in [0.29, 0.717) is 6.42 Å². The largest absolute Gasteiger partial charge is 0.394 e. The molecule has 1 heterocycles. The molecule has 1 amide bonds. The van der Waals surface area contributed by atoms with Crippen molar-refractivity contribution in [3.8, 4) is 0 Å². The summed E-state index contributed by atoms with van der Waals surface area (Å²) in [4.78, 5) is 21.5. The fourth-order valence-electron chi connectivity index (χ4n) is 1.46. The van der Waals surface area contributed by atoms with Crippen molar-refractivity contribution in [2.75, 3.05) is 13.2 Å². The normalized spacial score (nSPS) is 11.3.